The monoisotopic (exact) mass is 300 g/mol. The molecule has 0 saturated carbocycles. The fourth-order valence-electron chi connectivity index (χ4n) is 3.79. The lowest BCUT2D eigenvalue weighted by Crippen LogP contribution is -2.46. The third-order valence-electron chi connectivity index (χ3n) is 4.88. The SMILES string of the molecule is CCCCc1cc2nc(C)cc(N3C4CCC3COC4)n2n1. The Bertz CT molecular complexity index is 665. The Morgan fingerprint density at radius 1 is 1.23 bits per heavy atom. The van der Waals surface area contributed by atoms with Crippen molar-refractivity contribution in [1.29, 1.82) is 0 Å². The summed E-state index contributed by atoms with van der Waals surface area (Å²) >= 11 is 0. The highest BCUT2D eigenvalue weighted by Crippen LogP contribution is 2.34. The smallest absolute Gasteiger partial charge is 0.157 e. The molecule has 22 heavy (non-hydrogen) atoms. The van der Waals surface area contributed by atoms with E-state index >= 15 is 0 Å². The van der Waals surface area contributed by atoms with E-state index in [0.717, 1.165) is 36.7 Å². The summed E-state index contributed by atoms with van der Waals surface area (Å²) in [7, 11) is 0. The first-order chi connectivity index (χ1) is 10.8. The zero-order valence-corrected chi connectivity index (χ0v) is 13.5. The number of rotatable bonds is 4. The maximum absolute atomic E-state index is 5.72. The summed E-state index contributed by atoms with van der Waals surface area (Å²) in [6.45, 7) is 5.96. The van der Waals surface area contributed by atoms with Crippen molar-refractivity contribution in [2.24, 2.45) is 0 Å². The van der Waals surface area contributed by atoms with E-state index < -0.39 is 0 Å². The summed E-state index contributed by atoms with van der Waals surface area (Å²) in [6, 6.07) is 5.31. The number of morpholine rings is 1. The molecule has 0 aliphatic carbocycles. The Hall–Kier alpha value is -1.62. The molecule has 2 bridgehead atoms. The molecule has 0 spiro atoms. The molecule has 2 aromatic heterocycles. The maximum Gasteiger partial charge on any atom is 0.157 e. The lowest BCUT2D eigenvalue weighted by Gasteiger charge is -2.36. The van der Waals surface area contributed by atoms with Crippen molar-refractivity contribution in [2.75, 3.05) is 18.1 Å². The van der Waals surface area contributed by atoms with Gasteiger partial charge >= 0.3 is 0 Å². The van der Waals surface area contributed by atoms with Crippen molar-refractivity contribution in [2.45, 2.75) is 58.0 Å². The summed E-state index contributed by atoms with van der Waals surface area (Å²) in [6.07, 6.45) is 5.85. The van der Waals surface area contributed by atoms with E-state index in [1.807, 2.05) is 0 Å². The van der Waals surface area contributed by atoms with Crippen LogP contribution in [0.3, 0.4) is 0 Å². The van der Waals surface area contributed by atoms with Crippen LogP contribution in [0.4, 0.5) is 5.82 Å². The van der Waals surface area contributed by atoms with Crippen molar-refractivity contribution >= 4 is 11.5 Å². The van der Waals surface area contributed by atoms with E-state index in [-0.39, 0.29) is 0 Å². The van der Waals surface area contributed by atoms with Gasteiger partial charge in [0.05, 0.1) is 31.0 Å². The molecule has 4 heterocycles. The van der Waals surface area contributed by atoms with Crippen molar-refractivity contribution in [3.8, 4) is 0 Å². The normalized spacial score (nSPS) is 24.4. The number of fused-ring (bicyclic) bond motifs is 3. The number of nitrogens with zero attached hydrogens (tertiary/aromatic N) is 4. The summed E-state index contributed by atoms with van der Waals surface area (Å²) in [5.74, 6) is 1.20. The van der Waals surface area contributed by atoms with Gasteiger partial charge in [-0.3, -0.25) is 0 Å². The van der Waals surface area contributed by atoms with Crippen LogP contribution in [0.5, 0.6) is 0 Å². The number of hydrogen-bond donors (Lipinski definition) is 0. The zero-order valence-electron chi connectivity index (χ0n) is 13.5. The topological polar surface area (TPSA) is 42.7 Å². The van der Waals surface area contributed by atoms with E-state index in [4.69, 9.17) is 9.84 Å². The molecule has 2 aromatic rings. The highest BCUT2D eigenvalue weighted by atomic mass is 16.5. The summed E-state index contributed by atoms with van der Waals surface area (Å²) in [5, 5.41) is 4.83. The second kappa shape index (κ2) is 5.54. The number of aryl methyl sites for hydroxylation is 2. The molecule has 2 saturated heterocycles. The molecule has 0 amide bonds. The van der Waals surface area contributed by atoms with Crippen molar-refractivity contribution in [3.63, 3.8) is 0 Å². The quantitative estimate of drug-likeness (QED) is 0.871. The summed E-state index contributed by atoms with van der Waals surface area (Å²) < 4.78 is 7.77. The first-order valence-electron chi connectivity index (χ1n) is 8.48. The highest BCUT2D eigenvalue weighted by molar-refractivity contribution is 5.54. The van der Waals surface area contributed by atoms with Gasteiger partial charge in [0.2, 0.25) is 0 Å². The number of ether oxygens (including phenoxy) is 1. The minimum Gasteiger partial charge on any atom is -0.377 e. The molecule has 2 unspecified atom stereocenters. The molecule has 4 rings (SSSR count). The molecule has 5 heteroatoms. The first-order valence-corrected chi connectivity index (χ1v) is 8.48. The first kappa shape index (κ1) is 14.0. The number of anilines is 1. The highest BCUT2D eigenvalue weighted by Gasteiger charge is 2.38. The second-order valence-electron chi connectivity index (χ2n) is 6.59. The minimum absolute atomic E-state index is 0.493. The fraction of sp³-hybridized carbons (Fsp3) is 0.647. The molecule has 118 valence electrons. The Labute approximate surface area is 131 Å². The molecule has 2 atom stereocenters. The van der Waals surface area contributed by atoms with Gasteiger partial charge in [0, 0.05) is 17.8 Å². The predicted molar refractivity (Wildman–Crippen MR) is 86.4 cm³/mol. The van der Waals surface area contributed by atoms with Crippen LogP contribution < -0.4 is 4.90 Å². The molecule has 2 aliphatic heterocycles. The largest absolute Gasteiger partial charge is 0.377 e. The third-order valence-corrected chi connectivity index (χ3v) is 4.88. The zero-order chi connectivity index (χ0) is 15.1. The van der Waals surface area contributed by atoms with Gasteiger partial charge in [0.1, 0.15) is 5.82 Å². The van der Waals surface area contributed by atoms with Gasteiger partial charge in [-0.1, -0.05) is 13.3 Å². The second-order valence-corrected chi connectivity index (χ2v) is 6.59. The standard InChI is InChI=1S/C17H24N4O/c1-3-4-5-13-9-16-18-12(2)8-17(21(16)19-13)20-14-6-7-15(20)11-22-10-14/h8-9,14-15H,3-7,10-11H2,1-2H3. The van der Waals surface area contributed by atoms with Crippen molar-refractivity contribution < 1.29 is 4.74 Å². The Kier molecular flexibility index (Phi) is 3.53. The van der Waals surface area contributed by atoms with Gasteiger partial charge in [-0.15, -0.1) is 0 Å². The lowest BCUT2D eigenvalue weighted by atomic mass is 10.2. The Morgan fingerprint density at radius 3 is 2.73 bits per heavy atom. The average Bonchev–Trinajstić information content (AvgIpc) is 3.02. The fourth-order valence-corrected chi connectivity index (χ4v) is 3.79. The Morgan fingerprint density at radius 2 is 2.00 bits per heavy atom. The predicted octanol–water partition coefficient (Wildman–Crippen LogP) is 2.75. The number of aromatic nitrogens is 3. The van der Waals surface area contributed by atoms with Gasteiger partial charge < -0.3 is 9.64 Å². The van der Waals surface area contributed by atoms with Gasteiger partial charge in [-0.05, 0) is 32.6 Å². The van der Waals surface area contributed by atoms with E-state index in [2.05, 4.69) is 40.4 Å². The van der Waals surface area contributed by atoms with Gasteiger partial charge in [0.15, 0.2) is 5.65 Å². The number of unbranched alkanes of at least 4 members (excludes halogenated alkanes) is 1. The maximum atomic E-state index is 5.72. The van der Waals surface area contributed by atoms with E-state index in [9.17, 15) is 0 Å². The molecule has 5 nitrogen and oxygen atoms in total. The Balaban J connectivity index is 1.77. The molecule has 0 radical (unpaired) electrons. The lowest BCUT2D eigenvalue weighted by molar-refractivity contribution is 0.0900. The van der Waals surface area contributed by atoms with Gasteiger partial charge in [0.25, 0.3) is 0 Å². The average molecular weight is 300 g/mol. The molecular weight excluding hydrogens is 276 g/mol. The summed E-state index contributed by atoms with van der Waals surface area (Å²) in [5.41, 5.74) is 3.20. The van der Waals surface area contributed by atoms with E-state index in [1.54, 1.807) is 0 Å². The number of hydrogen-bond acceptors (Lipinski definition) is 4. The van der Waals surface area contributed by atoms with E-state index in [0.29, 0.717) is 12.1 Å². The van der Waals surface area contributed by atoms with Gasteiger partial charge in [-0.2, -0.15) is 9.61 Å². The van der Waals surface area contributed by atoms with Crippen LogP contribution in [0.1, 0.15) is 44.0 Å². The van der Waals surface area contributed by atoms with Gasteiger partial charge in [-0.25, -0.2) is 4.98 Å². The van der Waals surface area contributed by atoms with Crippen LogP contribution in [0.15, 0.2) is 12.1 Å². The molecule has 2 fully saturated rings. The molecular formula is C17H24N4O. The molecule has 0 aromatic carbocycles. The summed E-state index contributed by atoms with van der Waals surface area (Å²) in [4.78, 5) is 7.20. The van der Waals surface area contributed by atoms with Crippen molar-refractivity contribution in [3.05, 3.63) is 23.5 Å². The van der Waals surface area contributed by atoms with Crippen LogP contribution >= 0.6 is 0 Å². The van der Waals surface area contributed by atoms with Crippen LogP contribution in [0.25, 0.3) is 5.65 Å². The van der Waals surface area contributed by atoms with Crippen LogP contribution in [-0.2, 0) is 11.2 Å². The third kappa shape index (κ3) is 2.28. The molecule has 2 aliphatic rings. The van der Waals surface area contributed by atoms with Crippen LogP contribution in [0, 0.1) is 6.92 Å². The molecule has 0 N–H and O–H groups in total. The van der Waals surface area contributed by atoms with Crippen molar-refractivity contribution in [1.82, 2.24) is 14.6 Å². The van der Waals surface area contributed by atoms with E-state index in [1.165, 1.54) is 31.5 Å². The van der Waals surface area contributed by atoms with Crippen LogP contribution in [-0.4, -0.2) is 39.9 Å². The van der Waals surface area contributed by atoms with Crippen LogP contribution in [0.2, 0.25) is 0 Å². The minimum atomic E-state index is 0.493.